The average Bonchev–Trinajstić information content (AvgIpc) is 3.16. The normalized spacial score (nSPS) is 15.6. The van der Waals surface area contributed by atoms with Gasteiger partial charge >= 0.3 is 12.1 Å². The van der Waals surface area contributed by atoms with E-state index in [0.717, 1.165) is 0 Å². The summed E-state index contributed by atoms with van der Waals surface area (Å²) in [5.74, 6) is -8.64. The Balaban J connectivity index is 6.25. The van der Waals surface area contributed by atoms with Gasteiger partial charge in [-0.15, -0.1) is 0 Å². The summed E-state index contributed by atoms with van der Waals surface area (Å²) in [6.07, 6.45) is -0.794. The Morgan fingerprint density at radius 2 is 0.477 bits per heavy atom. The summed E-state index contributed by atoms with van der Waals surface area (Å²) in [6, 6.07) is -8.79. The minimum absolute atomic E-state index is 0.299. The van der Waals surface area contributed by atoms with Crippen molar-refractivity contribution in [3.8, 4) is 0 Å². The number of carbonyl (C=O) groups excluding carboxylic acids is 9. The molecule has 0 aliphatic heterocycles. The van der Waals surface area contributed by atoms with Gasteiger partial charge in [-0.2, -0.15) is 0 Å². The zero-order chi connectivity index (χ0) is 51.0. The van der Waals surface area contributed by atoms with E-state index in [0.29, 0.717) is 0 Å². The van der Waals surface area contributed by atoms with Gasteiger partial charge in [-0.05, 0) is 68.1 Å². The summed E-state index contributed by atoms with van der Waals surface area (Å²) in [5, 5.41) is 21.6. The molecule has 0 rings (SSSR count). The molecule has 0 radical (unpaired) electrons. The first-order chi connectivity index (χ1) is 29.7. The fourth-order valence-electron chi connectivity index (χ4n) is 6.51. The highest BCUT2D eigenvalue weighted by atomic mass is 16.6. The van der Waals surface area contributed by atoms with Crippen molar-refractivity contribution in [1.82, 2.24) is 42.5 Å². The predicted octanol–water partition coefficient (Wildman–Crippen LogP) is 2.69. The molecule has 8 N–H and O–H groups in total. The second-order valence-corrected chi connectivity index (χ2v) is 20.5. The first-order valence-electron chi connectivity index (χ1n) is 22.9. The first kappa shape index (κ1) is 60.0. The van der Waals surface area contributed by atoms with Crippen LogP contribution >= 0.6 is 0 Å². The second-order valence-electron chi connectivity index (χ2n) is 20.5. The van der Waals surface area contributed by atoms with Crippen molar-refractivity contribution in [2.24, 2.45) is 47.3 Å². The van der Waals surface area contributed by atoms with E-state index in [2.05, 4.69) is 42.5 Å². The predicted molar refractivity (Wildman–Crippen MR) is 247 cm³/mol. The minimum Gasteiger partial charge on any atom is -0.467 e. The number of alkyl carbamates (subject to hydrolysis) is 1. The SMILES string of the molecule is COC(=O)[C@H](NC(=O)[C@@H](NC(=O)[C@H](NC(=O)[C@@H](NC(=O)[C@H](NC(=O)[C@@H](NC(=O)[C@H](NC(=O)[C@@H](NC(=O)OC(C)(C)C)C(C)C)C(C)C)C(C)C)C(C)C)C(C)C)C(C)C)C(C)C)C(C)C. The Morgan fingerprint density at radius 1 is 0.308 bits per heavy atom. The molecular formula is C46H84N8O11. The van der Waals surface area contributed by atoms with E-state index in [1.54, 1.807) is 132 Å². The van der Waals surface area contributed by atoms with Gasteiger partial charge in [0, 0.05) is 0 Å². The van der Waals surface area contributed by atoms with Crippen LogP contribution < -0.4 is 42.5 Å². The fourth-order valence-corrected chi connectivity index (χ4v) is 6.51. The molecular weight excluding hydrogens is 841 g/mol. The maximum Gasteiger partial charge on any atom is 0.408 e. The number of hydrogen-bond acceptors (Lipinski definition) is 11. The average molecular weight is 925 g/mol. The Bertz CT molecular complexity index is 1640. The quantitative estimate of drug-likeness (QED) is 0.0653. The highest BCUT2D eigenvalue weighted by Gasteiger charge is 2.39. The van der Waals surface area contributed by atoms with Gasteiger partial charge in [-0.25, -0.2) is 9.59 Å². The molecule has 0 saturated carbocycles. The van der Waals surface area contributed by atoms with Crippen LogP contribution in [-0.4, -0.2) is 114 Å². The van der Waals surface area contributed by atoms with Crippen LogP contribution in [-0.2, 0) is 47.8 Å². The number of nitrogens with one attached hydrogen (secondary N) is 8. The van der Waals surface area contributed by atoms with E-state index in [-0.39, 0.29) is 11.8 Å². The van der Waals surface area contributed by atoms with Crippen molar-refractivity contribution in [2.45, 2.75) is 185 Å². The Morgan fingerprint density at radius 3 is 0.631 bits per heavy atom. The van der Waals surface area contributed by atoms with Crippen LogP contribution in [0.4, 0.5) is 4.79 Å². The van der Waals surface area contributed by atoms with E-state index >= 15 is 0 Å². The van der Waals surface area contributed by atoms with E-state index in [1.165, 1.54) is 7.11 Å². The van der Waals surface area contributed by atoms with Gasteiger partial charge in [0.25, 0.3) is 0 Å². The molecule has 0 unspecified atom stereocenters. The third-order valence-corrected chi connectivity index (χ3v) is 10.5. The van der Waals surface area contributed by atoms with Gasteiger partial charge in [0.05, 0.1) is 7.11 Å². The summed E-state index contributed by atoms with van der Waals surface area (Å²) < 4.78 is 10.2. The van der Waals surface area contributed by atoms with Crippen LogP contribution in [0.15, 0.2) is 0 Å². The summed E-state index contributed by atoms with van der Waals surface area (Å²) in [5.41, 5.74) is -0.805. The number of rotatable bonds is 24. The Hall–Kier alpha value is -4.97. The number of ether oxygens (including phenoxy) is 2. The zero-order valence-electron chi connectivity index (χ0n) is 42.7. The second kappa shape index (κ2) is 26.9. The Labute approximate surface area is 387 Å². The summed E-state index contributed by atoms with van der Waals surface area (Å²) in [6.45, 7) is 32.5. The summed E-state index contributed by atoms with van der Waals surface area (Å²) in [4.78, 5) is 121. The smallest absolute Gasteiger partial charge is 0.408 e. The molecule has 0 aromatic rings. The van der Waals surface area contributed by atoms with Crippen molar-refractivity contribution in [2.75, 3.05) is 7.11 Å². The molecule has 0 heterocycles. The largest absolute Gasteiger partial charge is 0.467 e. The van der Waals surface area contributed by atoms with Crippen molar-refractivity contribution >= 4 is 53.4 Å². The van der Waals surface area contributed by atoms with Crippen molar-refractivity contribution in [1.29, 1.82) is 0 Å². The van der Waals surface area contributed by atoms with E-state index in [4.69, 9.17) is 9.47 Å². The lowest BCUT2D eigenvalue weighted by molar-refractivity contribution is -0.147. The van der Waals surface area contributed by atoms with Crippen LogP contribution in [0.1, 0.15) is 132 Å². The van der Waals surface area contributed by atoms with Crippen LogP contribution in [0.3, 0.4) is 0 Å². The Kier molecular flexibility index (Phi) is 24.8. The summed E-state index contributed by atoms with van der Waals surface area (Å²) in [7, 11) is 1.21. The monoisotopic (exact) mass is 925 g/mol. The van der Waals surface area contributed by atoms with Gasteiger partial charge in [-0.1, -0.05) is 111 Å². The third kappa shape index (κ3) is 20.0. The van der Waals surface area contributed by atoms with Crippen LogP contribution in [0.5, 0.6) is 0 Å². The zero-order valence-corrected chi connectivity index (χ0v) is 42.7. The fraction of sp³-hybridized carbons (Fsp3) is 0.804. The van der Waals surface area contributed by atoms with Gasteiger partial charge in [0.2, 0.25) is 41.4 Å². The minimum atomic E-state index is -1.17. The third-order valence-electron chi connectivity index (χ3n) is 10.5. The molecule has 0 aromatic heterocycles. The van der Waals surface area contributed by atoms with Gasteiger partial charge in [0.1, 0.15) is 53.9 Å². The van der Waals surface area contributed by atoms with Crippen molar-refractivity contribution in [3.63, 3.8) is 0 Å². The number of carbonyl (C=O) groups is 9. The molecule has 0 aliphatic rings. The lowest BCUT2D eigenvalue weighted by Crippen LogP contribution is -2.63. The lowest BCUT2D eigenvalue weighted by atomic mass is 9.96. The lowest BCUT2D eigenvalue weighted by Gasteiger charge is -2.32. The molecule has 0 spiro atoms. The topological polar surface area (TPSA) is 268 Å². The van der Waals surface area contributed by atoms with Gasteiger partial charge < -0.3 is 52.0 Å². The number of amides is 8. The van der Waals surface area contributed by atoms with E-state index < -0.39 is 143 Å². The standard InChI is InChI=1S/C46H84N8O11/c1-21(2)29(48-39(57)31(23(5)6)50-41(59)33(25(9)10)52-43(61)35(27(13)14)54-45(63)65-46(17,18)19)37(55)47-30(22(3)4)38(56)49-32(24(7)8)40(58)51-34(26(11)12)42(60)53-36(28(15)16)44(62)64-20/h21-36H,1-20H3,(H,47,55)(H,48,57)(H,49,56)(H,50,59)(H,51,58)(H,52,61)(H,53,60)(H,54,63)/t29-,30+,31+,32-,33-,34+,35+,36-/m1/s1. The maximum atomic E-state index is 14.0. The molecule has 8 amide bonds. The number of esters is 1. The molecule has 65 heavy (non-hydrogen) atoms. The molecule has 19 heteroatoms. The maximum absolute atomic E-state index is 14.0. The van der Waals surface area contributed by atoms with Crippen LogP contribution in [0.2, 0.25) is 0 Å². The highest BCUT2D eigenvalue weighted by Crippen LogP contribution is 2.15. The van der Waals surface area contributed by atoms with Crippen molar-refractivity contribution in [3.05, 3.63) is 0 Å². The molecule has 0 saturated heterocycles. The van der Waals surface area contributed by atoms with Crippen LogP contribution in [0.25, 0.3) is 0 Å². The molecule has 19 nitrogen and oxygen atoms in total. The first-order valence-corrected chi connectivity index (χ1v) is 22.9. The molecule has 0 aliphatic carbocycles. The molecule has 0 aromatic carbocycles. The van der Waals surface area contributed by atoms with E-state index in [9.17, 15) is 43.2 Å². The van der Waals surface area contributed by atoms with Crippen molar-refractivity contribution < 1.29 is 52.6 Å². The number of methoxy groups -OCH3 is 1. The molecule has 8 atom stereocenters. The highest BCUT2D eigenvalue weighted by molar-refractivity contribution is 5.98. The molecule has 374 valence electrons. The summed E-state index contributed by atoms with van der Waals surface area (Å²) >= 11 is 0. The number of hydrogen-bond donors (Lipinski definition) is 8. The molecule has 0 fully saturated rings. The van der Waals surface area contributed by atoms with Gasteiger partial charge in [-0.3, -0.25) is 33.6 Å². The van der Waals surface area contributed by atoms with E-state index in [1.807, 2.05) is 0 Å². The molecule has 0 bridgehead atoms. The van der Waals surface area contributed by atoms with Crippen LogP contribution in [0, 0.1) is 47.3 Å². The van der Waals surface area contributed by atoms with Gasteiger partial charge in [0.15, 0.2) is 0 Å².